The number of nitrogens with two attached hydrogens (primary N) is 1. The van der Waals surface area contributed by atoms with Crippen molar-refractivity contribution in [2.75, 3.05) is 32.6 Å². The molecular formula is C6H13IN2OS. The molecule has 1 aliphatic heterocycles. The molecule has 11 heavy (non-hydrogen) atoms. The quantitative estimate of drug-likeness (QED) is 0.288. The van der Waals surface area contributed by atoms with Gasteiger partial charge in [0.15, 0.2) is 0 Å². The molecule has 0 saturated carbocycles. The van der Waals surface area contributed by atoms with E-state index < -0.39 is 0 Å². The highest BCUT2D eigenvalue weighted by Crippen LogP contribution is 1.95. The molecular weight excluding hydrogens is 275 g/mol. The fourth-order valence-corrected chi connectivity index (χ4v) is 1.35. The van der Waals surface area contributed by atoms with Gasteiger partial charge < -0.3 is 28.7 Å². The van der Waals surface area contributed by atoms with Gasteiger partial charge in [-0.25, -0.2) is 0 Å². The van der Waals surface area contributed by atoms with Crippen LogP contribution in [0, 0.1) is 0 Å². The van der Waals surface area contributed by atoms with Gasteiger partial charge in [0.25, 0.3) is 0 Å². The van der Waals surface area contributed by atoms with Gasteiger partial charge in [0.05, 0.1) is 13.2 Å². The van der Waals surface area contributed by atoms with Crippen LogP contribution in [0.4, 0.5) is 0 Å². The van der Waals surface area contributed by atoms with Crippen LogP contribution in [0.1, 0.15) is 0 Å². The van der Waals surface area contributed by atoms with E-state index in [9.17, 15) is 0 Å². The summed E-state index contributed by atoms with van der Waals surface area (Å²) in [5.41, 5.74) is 5.70. The van der Waals surface area contributed by atoms with E-state index in [2.05, 4.69) is 4.58 Å². The molecule has 0 aliphatic carbocycles. The van der Waals surface area contributed by atoms with Crippen molar-refractivity contribution in [2.24, 2.45) is 5.73 Å². The van der Waals surface area contributed by atoms with Gasteiger partial charge in [-0.05, 0) is 18.0 Å². The minimum Gasteiger partial charge on any atom is -1.00 e. The normalized spacial score (nSPS) is 17.4. The third-order valence-corrected chi connectivity index (χ3v) is 2.21. The summed E-state index contributed by atoms with van der Waals surface area (Å²) in [7, 11) is 0. The summed E-state index contributed by atoms with van der Waals surface area (Å²) >= 11 is 1.60. The van der Waals surface area contributed by atoms with Crippen LogP contribution in [0.5, 0.6) is 0 Å². The van der Waals surface area contributed by atoms with Crippen molar-refractivity contribution in [1.29, 1.82) is 0 Å². The lowest BCUT2D eigenvalue weighted by Crippen LogP contribution is -3.00. The number of hydrogen-bond donors (Lipinski definition) is 1. The molecule has 1 rings (SSSR count). The molecule has 0 atom stereocenters. The Bertz CT molecular complexity index is 144. The Balaban J connectivity index is 0.000001000. The van der Waals surface area contributed by atoms with Gasteiger partial charge in [0.1, 0.15) is 13.1 Å². The minimum atomic E-state index is 0. The summed E-state index contributed by atoms with van der Waals surface area (Å²) in [6.07, 6.45) is 1.99. The maximum Gasteiger partial charge on any atom is 0.303 e. The van der Waals surface area contributed by atoms with E-state index in [0.717, 1.165) is 31.5 Å². The van der Waals surface area contributed by atoms with Gasteiger partial charge in [0, 0.05) is 0 Å². The molecule has 66 valence electrons. The lowest BCUT2D eigenvalue weighted by atomic mass is 10.5. The van der Waals surface area contributed by atoms with Crippen molar-refractivity contribution in [3.63, 3.8) is 0 Å². The third kappa shape index (κ3) is 3.62. The zero-order valence-corrected chi connectivity index (χ0v) is 9.52. The number of thioether (sulfide) groups is 1. The van der Waals surface area contributed by atoms with Crippen molar-refractivity contribution >= 4 is 16.9 Å². The number of rotatable bonds is 0. The summed E-state index contributed by atoms with van der Waals surface area (Å²) in [5, 5.41) is 0.906. The highest BCUT2D eigenvalue weighted by molar-refractivity contribution is 8.12. The Kier molecular flexibility index (Phi) is 6.36. The highest BCUT2D eigenvalue weighted by atomic mass is 127. The molecule has 0 aromatic carbocycles. The number of morpholine rings is 1. The average molecular weight is 288 g/mol. The van der Waals surface area contributed by atoms with Crippen molar-refractivity contribution in [2.45, 2.75) is 0 Å². The van der Waals surface area contributed by atoms with Crippen molar-refractivity contribution in [3.05, 3.63) is 0 Å². The van der Waals surface area contributed by atoms with Gasteiger partial charge in [0.2, 0.25) is 0 Å². The molecule has 0 unspecified atom stereocenters. The Hall–Kier alpha value is 0.510. The second kappa shape index (κ2) is 6.07. The first kappa shape index (κ1) is 11.5. The molecule has 1 saturated heterocycles. The first-order valence-electron chi connectivity index (χ1n) is 3.33. The number of amidine groups is 1. The minimum absolute atomic E-state index is 0. The second-order valence-corrected chi connectivity index (χ2v) is 2.97. The fraction of sp³-hybridized carbons (Fsp3) is 0.833. The molecule has 2 N–H and O–H groups in total. The molecule has 0 aromatic heterocycles. The van der Waals surface area contributed by atoms with Gasteiger partial charge in [-0.3, -0.25) is 10.3 Å². The smallest absolute Gasteiger partial charge is 0.303 e. The van der Waals surface area contributed by atoms with Crippen LogP contribution in [0.2, 0.25) is 0 Å². The Labute approximate surface area is 88.4 Å². The fourth-order valence-electron chi connectivity index (χ4n) is 0.913. The van der Waals surface area contributed by atoms with Gasteiger partial charge >= 0.3 is 5.17 Å². The molecule has 1 fully saturated rings. The van der Waals surface area contributed by atoms with E-state index in [4.69, 9.17) is 10.5 Å². The summed E-state index contributed by atoms with van der Waals surface area (Å²) < 4.78 is 7.32. The van der Waals surface area contributed by atoms with E-state index in [1.807, 2.05) is 6.26 Å². The summed E-state index contributed by atoms with van der Waals surface area (Å²) in [6, 6.07) is 0. The summed E-state index contributed by atoms with van der Waals surface area (Å²) in [6.45, 7) is 3.49. The monoisotopic (exact) mass is 288 g/mol. The molecule has 3 nitrogen and oxygen atoms in total. The SMILES string of the molecule is CSC(N)=[N+]1CCOCC1.[I-]. The maximum absolute atomic E-state index is 5.70. The van der Waals surface area contributed by atoms with E-state index >= 15 is 0 Å². The number of halogens is 1. The van der Waals surface area contributed by atoms with Crippen LogP contribution < -0.4 is 29.7 Å². The van der Waals surface area contributed by atoms with E-state index in [-0.39, 0.29) is 24.0 Å². The lowest BCUT2D eigenvalue weighted by Gasteiger charge is -2.14. The van der Waals surface area contributed by atoms with Gasteiger partial charge in [-0.15, -0.1) is 0 Å². The average Bonchev–Trinajstić information content (AvgIpc) is 2.05. The zero-order valence-electron chi connectivity index (χ0n) is 6.55. The maximum atomic E-state index is 5.70. The van der Waals surface area contributed by atoms with Crippen LogP contribution in [-0.4, -0.2) is 42.3 Å². The second-order valence-electron chi connectivity index (χ2n) is 2.14. The van der Waals surface area contributed by atoms with Gasteiger partial charge in [-0.2, -0.15) is 0 Å². The molecule has 0 radical (unpaired) electrons. The van der Waals surface area contributed by atoms with Gasteiger partial charge in [-0.1, -0.05) is 0 Å². The van der Waals surface area contributed by atoms with Crippen LogP contribution in [-0.2, 0) is 4.74 Å². The molecule has 0 aromatic rings. The molecule has 0 amide bonds. The predicted octanol–water partition coefficient (Wildman–Crippen LogP) is -3.29. The van der Waals surface area contributed by atoms with E-state index in [1.165, 1.54) is 0 Å². The molecule has 1 aliphatic rings. The van der Waals surface area contributed by atoms with E-state index in [0.29, 0.717) is 0 Å². The molecule has 5 heteroatoms. The Morgan fingerprint density at radius 2 is 2.00 bits per heavy atom. The van der Waals surface area contributed by atoms with Crippen molar-refractivity contribution in [3.8, 4) is 0 Å². The molecule has 0 spiro atoms. The van der Waals surface area contributed by atoms with Crippen LogP contribution >= 0.6 is 11.8 Å². The highest BCUT2D eigenvalue weighted by Gasteiger charge is 2.11. The van der Waals surface area contributed by atoms with Crippen LogP contribution in [0.3, 0.4) is 0 Å². The predicted molar refractivity (Wildman–Crippen MR) is 43.5 cm³/mol. The first-order valence-corrected chi connectivity index (χ1v) is 4.56. The Morgan fingerprint density at radius 1 is 1.45 bits per heavy atom. The van der Waals surface area contributed by atoms with Crippen LogP contribution in [0.15, 0.2) is 0 Å². The summed E-state index contributed by atoms with van der Waals surface area (Å²) in [5.74, 6) is 0. The number of ether oxygens (including phenoxy) is 1. The zero-order chi connectivity index (χ0) is 7.40. The molecule has 0 bridgehead atoms. The van der Waals surface area contributed by atoms with Crippen LogP contribution in [0.25, 0.3) is 0 Å². The lowest BCUT2D eigenvalue weighted by molar-refractivity contribution is -0.547. The number of hydrogen-bond acceptors (Lipinski definition) is 2. The standard InChI is InChI=1S/C6H12N2OS.HI/c1-10-6(7)8-2-4-9-5-3-8;/h7H,2-5H2,1H3;1H. The molecule has 1 heterocycles. The third-order valence-electron chi connectivity index (χ3n) is 1.53. The topological polar surface area (TPSA) is 38.3 Å². The van der Waals surface area contributed by atoms with E-state index in [1.54, 1.807) is 11.8 Å². The number of nitrogens with zero attached hydrogens (tertiary/aromatic N) is 1. The first-order chi connectivity index (χ1) is 4.84. The van der Waals surface area contributed by atoms with Crippen molar-refractivity contribution < 1.29 is 33.3 Å². The summed E-state index contributed by atoms with van der Waals surface area (Å²) in [4.78, 5) is 0. The Morgan fingerprint density at radius 3 is 2.45 bits per heavy atom. The largest absolute Gasteiger partial charge is 1.00 e. The van der Waals surface area contributed by atoms with Crippen molar-refractivity contribution in [1.82, 2.24) is 0 Å².